The maximum atomic E-state index is 12.5. The molecule has 0 radical (unpaired) electrons. The Morgan fingerprint density at radius 1 is 1.08 bits per heavy atom. The van der Waals surface area contributed by atoms with Gasteiger partial charge in [0.05, 0.1) is 11.6 Å². The van der Waals surface area contributed by atoms with Crippen LogP contribution in [0.3, 0.4) is 0 Å². The van der Waals surface area contributed by atoms with Crippen LogP contribution >= 0.6 is 11.6 Å². The minimum Gasteiger partial charge on any atom is -0.324 e. The summed E-state index contributed by atoms with van der Waals surface area (Å²) in [5.74, 6) is -0.0633. The molecule has 0 aliphatic heterocycles. The minimum absolute atomic E-state index is 0.230. The highest BCUT2D eigenvalue weighted by molar-refractivity contribution is 6.30. The van der Waals surface area contributed by atoms with Crippen LogP contribution in [0.4, 0.5) is 17.3 Å². The fourth-order valence-corrected chi connectivity index (χ4v) is 2.45. The van der Waals surface area contributed by atoms with Crippen LogP contribution in [-0.2, 0) is 0 Å². The molecule has 0 saturated carbocycles. The van der Waals surface area contributed by atoms with E-state index in [0.717, 1.165) is 5.69 Å². The molecule has 0 bridgehead atoms. The fraction of sp³-hybridized carbons (Fsp3) is 0.0526. The Labute approximate surface area is 155 Å². The molecule has 3 rings (SSSR count). The van der Waals surface area contributed by atoms with Gasteiger partial charge in [0, 0.05) is 22.1 Å². The summed E-state index contributed by atoms with van der Waals surface area (Å²) in [7, 11) is 0. The van der Waals surface area contributed by atoms with Gasteiger partial charge in [-0.2, -0.15) is 5.26 Å². The van der Waals surface area contributed by atoms with Gasteiger partial charge in [-0.1, -0.05) is 17.7 Å². The van der Waals surface area contributed by atoms with Crippen LogP contribution in [0.25, 0.3) is 0 Å². The van der Waals surface area contributed by atoms with Gasteiger partial charge >= 0.3 is 0 Å². The lowest BCUT2D eigenvalue weighted by Crippen LogP contribution is -2.15. The Morgan fingerprint density at radius 3 is 2.54 bits per heavy atom. The van der Waals surface area contributed by atoms with Crippen LogP contribution < -0.4 is 10.6 Å². The second kappa shape index (κ2) is 7.64. The van der Waals surface area contributed by atoms with Crippen molar-refractivity contribution in [2.45, 2.75) is 6.92 Å². The molecule has 0 saturated heterocycles. The number of aryl methyl sites for hydroxylation is 1. The first-order valence-corrected chi connectivity index (χ1v) is 8.11. The highest BCUT2D eigenvalue weighted by Crippen LogP contribution is 2.17. The number of carbonyl (C=O) groups excluding carboxylic acids is 1. The summed E-state index contributed by atoms with van der Waals surface area (Å²) >= 11 is 5.93. The van der Waals surface area contributed by atoms with E-state index in [1.807, 2.05) is 0 Å². The van der Waals surface area contributed by atoms with Gasteiger partial charge in [0.1, 0.15) is 5.69 Å². The standard InChI is InChI=1S/C19H14ClN5O/c1-12-9-17(18(26)23-16-4-2-3-14(20)10-16)25-19(22-12)24-15-7-5-13(11-21)6-8-15/h2-10H,1H3,(H,23,26)(H,22,24,25). The smallest absolute Gasteiger partial charge is 0.274 e. The molecule has 3 aromatic rings. The largest absolute Gasteiger partial charge is 0.324 e. The Hall–Kier alpha value is -3.43. The van der Waals surface area contributed by atoms with Crippen molar-refractivity contribution in [3.63, 3.8) is 0 Å². The van der Waals surface area contributed by atoms with Crippen molar-refractivity contribution in [3.05, 3.63) is 76.6 Å². The lowest BCUT2D eigenvalue weighted by atomic mass is 10.2. The third-order valence-electron chi connectivity index (χ3n) is 3.44. The number of nitrogens with zero attached hydrogens (tertiary/aromatic N) is 3. The zero-order valence-corrected chi connectivity index (χ0v) is 14.6. The number of aromatic nitrogens is 2. The predicted molar refractivity (Wildman–Crippen MR) is 101 cm³/mol. The third-order valence-corrected chi connectivity index (χ3v) is 3.67. The van der Waals surface area contributed by atoms with E-state index in [0.29, 0.717) is 27.9 Å². The molecule has 2 N–H and O–H groups in total. The summed E-state index contributed by atoms with van der Waals surface area (Å²) in [4.78, 5) is 21.0. The van der Waals surface area contributed by atoms with Gasteiger partial charge in [-0.05, 0) is 55.5 Å². The maximum Gasteiger partial charge on any atom is 0.274 e. The number of halogens is 1. The van der Waals surface area contributed by atoms with Gasteiger partial charge in [0.15, 0.2) is 0 Å². The third kappa shape index (κ3) is 4.35. The molecule has 6 nitrogen and oxygen atoms in total. The lowest BCUT2D eigenvalue weighted by molar-refractivity contribution is 0.102. The number of amides is 1. The topological polar surface area (TPSA) is 90.7 Å². The first-order chi connectivity index (χ1) is 12.5. The van der Waals surface area contributed by atoms with Crippen molar-refractivity contribution < 1.29 is 4.79 Å². The fourth-order valence-electron chi connectivity index (χ4n) is 2.26. The molecule has 0 spiro atoms. The number of nitriles is 1. The van der Waals surface area contributed by atoms with Crippen molar-refractivity contribution in [2.75, 3.05) is 10.6 Å². The van der Waals surface area contributed by atoms with Crippen LogP contribution in [0.15, 0.2) is 54.6 Å². The van der Waals surface area contributed by atoms with Crippen LogP contribution in [-0.4, -0.2) is 15.9 Å². The normalized spacial score (nSPS) is 10.0. The summed E-state index contributed by atoms with van der Waals surface area (Å²) in [5, 5.41) is 15.2. The summed E-state index contributed by atoms with van der Waals surface area (Å²) in [6.07, 6.45) is 0. The number of hydrogen-bond acceptors (Lipinski definition) is 5. The minimum atomic E-state index is -0.361. The quantitative estimate of drug-likeness (QED) is 0.720. The molecular weight excluding hydrogens is 350 g/mol. The number of anilines is 3. The van der Waals surface area contributed by atoms with Gasteiger partial charge in [0.2, 0.25) is 5.95 Å². The zero-order valence-electron chi connectivity index (χ0n) is 13.8. The van der Waals surface area contributed by atoms with E-state index in [-0.39, 0.29) is 11.6 Å². The van der Waals surface area contributed by atoms with Crippen molar-refractivity contribution in [1.82, 2.24) is 9.97 Å². The molecule has 0 atom stereocenters. The molecule has 2 aromatic carbocycles. The molecule has 1 amide bonds. The molecule has 26 heavy (non-hydrogen) atoms. The second-order valence-corrected chi connectivity index (χ2v) is 5.93. The van der Waals surface area contributed by atoms with Crippen LogP contribution in [0, 0.1) is 18.3 Å². The Balaban J connectivity index is 1.80. The van der Waals surface area contributed by atoms with E-state index in [9.17, 15) is 4.79 Å². The number of benzene rings is 2. The molecule has 0 unspecified atom stereocenters. The maximum absolute atomic E-state index is 12.5. The van der Waals surface area contributed by atoms with Crippen molar-refractivity contribution in [1.29, 1.82) is 5.26 Å². The lowest BCUT2D eigenvalue weighted by Gasteiger charge is -2.09. The molecule has 0 aliphatic rings. The number of hydrogen-bond donors (Lipinski definition) is 2. The molecule has 1 aromatic heterocycles. The van der Waals surface area contributed by atoms with E-state index >= 15 is 0 Å². The SMILES string of the molecule is Cc1cc(C(=O)Nc2cccc(Cl)c2)nc(Nc2ccc(C#N)cc2)n1. The van der Waals surface area contributed by atoms with Crippen LogP contribution in [0.2, 0.25) is 5.02 Å². The van der Waals surface area contributed by atoms with Crippen LogP contribution in [0.1, 0.15) is 21.7 Å². The summed E-state index contributed by atoms with van der Waals surface area (Å²) in [6.45, 7) is 1.78. The highest BCUT2D eigenvalue weighted by atomic mass is 35.5. The summed E-state index contributed by atoms with van der Waals surface area (Å²) in [5.41, 5.74) is 2.74. The monoisotopic (exact) mass is 363 g/mol. The van der Waals surface area contributed by atoms with E-state index in [1.54, 1.807) is 61.5 Å². The number of rotatable bonds is 4. The van der Waals surface area contributed by atoms with Crippen molar-refractivity contribution in [2.24, 2.45) is 0 Å². The van der Waals surface area contributed by atoms with Crippen molar-refractivity contribution in [3.8, 4) is 6.07 Å². The van der Waals surface area contributed by atoms with Gasteiger partial charge in [-0.25, -0.2) is 9.97 Å². The van der Waals surface area contributed by atoms with E-state index in [1.165, 1.54) is 0 Å². The van der Waals surface area contributed by atoms with E-state index < -0.39 is 0 Å². The second-order valence-electron chi connectivity index (χ2n) is 5.50. The van der Waals surface area contributed by atoms with E-state index in [2.05, 4.69) is 26.7 Å². The van der Waals surface area contributed by atoms with Gasteiger partial charge < -0.3 is 10.6 Å². The van der Waals surface area contributed by atoms with Crippen LogP contribution in [0.5, 0.6) is 0 Å². The number of carbonyl (C=O) groups is 1. The Kier molecular flexibility index (Phi) is 5.11. The van der Waals surface area contributed by atoms with Gasteiger partial charge in [-0.3, -0.25) is 4.79 Å². The zero-order chi connectivity index (χ0) is 18.5. The Morgan fingerprint density at radius 2 is 1.85 bits per heavy atom. The first-order valence-electron chi connectivity index (χ1n) is 7.73. The molecule has 0 fully saturated rings. The first kappa shape index (κ1) is 17.4. The summed E-state index contributed by atoms with van der Waals surface area (Å²) < 4.78 is 0. The summed E-state index contributed by atoms with van der Waals surface area (Å²) in [6, 6.07) is 17.4. The van der Waals surface area contributed by atoms with Gasteiger partial charge in [0.25, 0.3) is 5.91 Å². The van der Waals surface area contributed by atoms with E-state index in [4.69, 9.17) is 16.9 Å². The van der Waals surface area contributed by atoms with Gasteiger partial charge in [-0.15, -0.1) is 0 Å². The number of nitrogens with one attached hydrogen (secondary N) is 2. The van der Waals surface area contributed by atoms with Crippen molar-refractivity contribution >= 4 is 34.8 Å². The molecule has 0 aliphatic carbocycles. The molecule has 1 heterocycles. The highest BCUT2D eigenvalue weighted by Gasteiger charge is 2.11. The molecular formula is C19H14ClN5O. The average Bonchev–Trinajstić information content (AvgIpc) is 2.62. The Bertz CT molecular complexity index is 996. The average molecular weight is 364 g/mol. The predicted octanol–water partition coefficient (Wildman–Crippen LogP) is 4.31. The molecule has 7 heteroatoms. The molecule has 128 valence electrons.